The Hall–Kier alpha value is -1.59. The molecule has 1 aromatic carbocycles. The van der Waals surface area contributed by atoms with Gasteiger partial charge >= 0.3 is 6.03 Å². The van der Waals surface area contributed by atoms with Crippen molar-refractivity contribution in [2.45, 2.75) is 39.2 Å². The number of hydrogen-bond acceptors (Lipinski definition) is 3. The van der Waals surface area contributed by atoms with Crippen molar-refractivity contribution in [3.05, 3.63) is 29.3 Å². The van der Waals surface area contributed by atoms with Gasteiger partial charge in [0.1, 0.15) is 0 Å². The van der Waals surface area contributed by atoms with Crippen molar-refractivity contribution in [1.82, 2.24) is 10.6 Å². The monoisotopic (exact) mass is 317 g/mol. The van der Waals surface area contributed by atoms with Crippen molar-refractivity contribution in [3.63, 3.8) is 0 Å². The van der Waals surface area contributed by atoms with E-state index in [1.807, 2.05) is 26.0 Å². The predicted molar refractivity (Wildman–Crippen MR) is 91.8 cm³/mol. The molecule has 1 spiro atoms. The van der Waals surface area contributed by atoms with E-state index in [1.165, 1.54) is 12.8 Å². The minimum atomic E-state index is -0.162. The fourth-order valence-corrected chi connectivity index (χ4v) is 3.76. The normalized spacial score (nSPS) is 23.0. The second-order valence-electron chi connectivity index (χ2n) is 7.10. The molecule has 0 aromatic heterocycles. The largest absolute Gasteiger partial charge is 0.376 e. The van der Waals surface area contributed by atoms with Crippen molar-refractivity contribution >= 4 is 11.7 Å². The number of carbonyl (C=O) groups excluding carboxylic acids is 1. The van der Waals surface area contributed by atoms with Crippen LogP contribution in [0.3, 0.4) is 0 Å². The first-order chi connectivity index (χ1) is 11.0. The third-order valence-electron chi connectivity index (χ3n) is 4.92. The van der Waals surface area contributed by atoms with E-state index in [2.05, 4.69) is 22.0 Å². The molecule has 2 amide bonds. The summed E-state index contributed by atoms with van der Waals surface area (Å²) in [7, 11) is 0. The topological polar surface area (TPSA) is 62.4 Å². The molecule has 5 heteroatoms. The molecule has 2 aliphatic rings. The van der Waals surface area contributed by atoms with Gasteiger partial charge in [0, 0.05) is 12.2 Å². The summed E-state index contributed by atoms with van der Waals surface area (Å²) in [5, 5.41) is 9.25. The molecule has 2 saturated heterocycles. The lowest BCUT2D eigenvalue weighted by molar-refractivity contribution is 0.0874. The summed E-state index contributed by atoms with van der Waals surface area (Å²) < 4.78 is 5.91. The Morgan fingerprint density at radius 3 is 2.65 bits per heavy atom. The third-order valence-corrected chi connectivity index (χ3v) is 4.92. The molecule has 2 fully saturated rings. The molecule has 0 bridgehead atoms. The van der Waals surface area contributed by atoms with Gasteiger partial charge in [-0.15, -0.1) is 0 Å². The van der Waals surface area contributed by atoms with E-state index in [1.54, 1.807) is 0 Å². The van der Waals surface area contributed by atoms with Crippen molar-refractivity contribution < 1.29 is 9.53 Å². The number of aryl methyl sites for hydroxylation is 2. The number of urea groups is 1. The Kier molecular flexibility index (Phi) is 4.87. The molecular weight excluding hydrogens is 290 g/mol. The van der Waals surface area contributed by atoms with Gasteiger partial charge in [0.05, 0.1) is 12.7 Å². The van der Waals surface area contributed by atoms with Crippen LogP contribution in [-0.4, -0.2) is 38.4 Å². The third kappa shape index (κ3) is 4.24. The Balaban J connectivity index is 1.46. The molecule has 3 N–H and O–H groups in total. The summed E-state index contributed by atoms with van der Waals surface area (Å²) in [6.45, 7) is 7.63. The van der Waals surface area contributed by atoms with Crippen molar-refractivity contribution in [3.8, 4) is 0 Å². The average Bonchev–Trinajstić information content (AvgIpc) is 2.87. The number of benzene rings is 1. The van der Waals surface area contributed by atoms with Crippen LogP contribution in [0.15, 0.2) is 18.2 Å². The molecule has 1 atom stereocenters. The number of nitrogens with one attached hydrogen (secondary N) is 3. The Labute approximate surface area is 138 Å². The quantitative estimate of drug-likeness (QED) is 0.803. The summed E-state index contributed by atoms with van der Waals surface area (Å²) in [5.74, 6) is 0. The molecule has 23 heavy (non-hydrogen) atoms. The number of hydrogen-bond donors (Lipinski definition) is 3. The van der Waals surface area contributed by atoms with Gasteiger partial charge in [-0.1, -0.05) is 6.07 Å². The lowest BCUT2D eigenvalue weighted by atomic mass is 9.77. The Bertz CT molecular complexity index is 547. The van der Waals surface area contributed by atoms with Crippen LogP contribution in [0.2, 0.25) is 0 Å². The first-order valence-corrected chi connectivity index (χ1v) is 8.50. The van der Waals surface area contributed by atoms with Crippen LogP contribution in [0, 0.1) is 19.3 Å². The van der Waals surface area contributed by atoms with E-state index < -0.39 is 0 Å². The zero-order valence-electron chi connectivity index (χ0n) is 14.1. The summed E-state index contributed by atoms with van der Waals surface area (Å²) in [5.41, 5.74) is 3.46. The number of anilines is 1. The fourth-order valence-electron chi connectivity index (χ4n) is 3.76. The van der Waals surface area contributed by atoms with Gasteiger partial charge in [-0.3, -0.25) is 0 Å². The smallest absolute Gasteiger partial charge is 0.319 e. The van der Waals surface area contributed by atoms with E-state index in [-0.39, 0.29) is 12.1 Å². The van der Waals surface area contributed by atoms with Crippen LogP contribution in [0.4, 0.5) is 10.5 Å². The number of piperidine rings is 1. The average molecular weight is 317 g/mol. The zero-order chi connectivity index (χ0) is 16.3. The van der Waals surface area contributed by atoms with Crippen molar-refractivity contribution in [2.75, 3.05) is 31.6 Å². The van der Waals surface area contributed by atoms with Gasteiger partial charge in [-0.2, -0.15) is 0 Å². The van der Waals surface area contributed by atoms with Crippen LogP contribution < -0.4 is 16.0 Å². The number of amides is 2. The van der Waals surface area contributed by atoms with Crippen LogP contribution >= 0.6 is 0 Å². The van der Waals surface area contributed by atoms with Gasteiger partial charge in [-0.05, 0) is 74.9 Å². The maximum atomic E-state index is 12.1. The SMILES string of the molecule is Cc1cc(C)cc(NC(=O)NCC2CC3(CCNCC3)CO2)c1. The van der Waals surface area contributed by atoms with Gasteiger partial charge in [0.25, 0.3) is 0 Å². The first kappa shape index (κ1) is 16.3. The molecule has 1 aromatic rings. The highest BCUT2D eigenvalue weighted by Crippen LogP contribution is 2.40. The molecule has 2 aliphatic heterocycles. The summed E-state index contributed by atoms with van der Waals surface area (Å²) in [6, 6.07) is 5.88. The van der Waals surface area contributed by atoms with Crippen molar-refractivity contribution in [2.24, 2.45) is 5.41 Å². The molecular formula is C18H27N3O2. The van der Waals surface area contributed by atoms with Gasteiger partial charge in [-0.25, -0.2) is 4.79 Å². The molecule has 0 aliphatic carbocycles. The summed E-state index contributed by atoms with van der Waals surface area (Å²) in [4.78, 5) is 12.1. The highest BCUT2D eigenvalue weighted by atomic mass is 16.5. The van der Waals surface area contributed by atoms with Gasteiger partial charge < -0.3 is 20.7 Å². The maximum absolute atomic E-state index is 12.1. The van der Waals surface area contributed by atoms with Crippen LogP contribution in [-0.2, 0) is 4.74 Å². The van der Waals surface area contributed by atoms with Crippen molar-refractivity contribution in [1.29, 1.82) is 0 Å². The summed E-state index contributed by atoms with van der Waals surface area (Å²) >= 11 is 0. The minimum Gasteiger partial charge on any atom is -0.376 e. The van der Waals surface area contributed by atoms with Crippen LogP contribution in [0.25, 0.3) is 0 Å². The van der Waals surface area contributed by atoms with Crippen LogP contribution in [0.1, 0.15) is 30.4 Å². The second kappa shape index (κ2) is 6.89. The molecule has 0 saturated carbocycles. The number of ether oxygens (including phenoxy) is 1. The summed E-state index contributed by atoms with van der Waals surface area (Å²) in [6.07, 6.45) is 3.55. The van der Waals surface area contributed by atoms with E-state index in [4.69, 9.17) is 4.74 Å². The van der Waals surface area contributed by atoms with Crippen LogP contribution in [0.5, 0.6) is 0 Å². The lowest BCUT2D eigenvalue weighted by Gasteiger charge is -2.32. The van der Waals surface area contributed by atoms with E-state index >= 15 is 0 Å². The zero-order valence-corrected chi connectivity index (χ0v) is 14.1. The van der Waals surface area contributed by atoms with Gasteiger partial charge in [0.15, 0.2) is 0 Å². The minimum absolute atomic E-state index is 0.137. The number of carbonyl (C=O) groups is 1. The molecule has 3 rings (SSSR count). The van der Waals surface area contributed by atoms with E-state index in [0.29, 0.717) is 12.0 Å². The number of rotatable bonds is 3. The lowest BCUT2D eigenvalue weighted by Crippen LogP contribution is -2.38. The molecule has 126 valence electrons. The van der Waals surface area contributed by atoms with Gasteiger partial charge in [0.2, 0.25) is 0 Å². The second-order valence-corrected chi connectivity index (χ2v) is 7.10. The molecule has 1 unspecified atom stereocenters. The highest BCUT2D eigenvalue weighted by Gasteiger charge is 2.40. The van der Waals surface area contributed by atoms with E-state index in [9.17, 15) is 4.79 Å². The Morgan fingerprint density at radius 2 is 1.96 bits per heavy atom. The highest BCUT2D eigenvalue weighted by molar-refractivity contribution is 5.89. The van der Waals surface area contributed by atoms with E-state index in [0.717, 1.165) is 42.9 Å². The predicted octanol–water partition coefficient (Wildman–Crippen LogP) is 2.58. The Morgan fingerprint density at radius 1 is 1.26 bits per heavy atom. The molecule has 2 heterocycles. The maximum Gasteiger partial charge on any atom is 0.319 e. The first-order valence-electron chi connectivity index (χ1n) is 8.50. The molecule has 0 radical (unpaired) electrons. The fraction of sp³-hybridized carbons (Fsp3) is 0.611. The standard InChI is InChI=1S/C18H27N3O2/c1-13-7-14(2)9-15(8-13)21-17(22)20-11-16-10-18(12-23-16)3-5-19-6-4-18/h7-9,16,19H,3-6,10-12H2,1-2H3,(H2,20,21,22). The molecule has 5 nitrogen and oxygen atoms in total.